The lowest BCUT2D eigenvalue weighted by Gasteiger charge is -2.12. The largest absolute Gasteiger partial charge is 0.378 e. The fourth-order valence-corrected chi connectivity index (χ4v) is 1.81. The molecule has 0 fully saturated rings. The van der Waals surface area contributed by atoms with Gasteiger partial charge < -0.3 is 10.2 Å². The van der Waals surface area contributed by atoms with Crippen LogP contribution in [0.3, 0.4) is 0 Å². The number of hydrogen-bond acceptors (Lipinski definition) is 3. The molecule has 0 aliphatic rings. The molecule has 0 atom stereocenters. The Bertz CT molecular complexity index is 544. The molecule has 2 rings (SSSR count). The van der Waals surface area contributed by atoms with Crippen molar-refractivity contribution < 1.29 is 8.78 Å². The quantitative estimate of drug-likeness (QED) is 0.860. The number of hydrogen-bond donors (Lipinski definition) is 1. The van der Waals surface area contributed by atoms with Gasteiger partial charge >= 0.3 is 0 Å². The summed E-state index contributed by atoms with van der Waals surface area (Å²) in [6.45, 7) is 0.257. The lowest BCUT2D eigenvalue weighted by Crippen LogP contribution is -2.08. The van der Waals surface area contributed by atoms with Crippen LogP contribution in [-0.4, -0.2) is 30.3 Å². The second kappa shape index (κ2) is 9.48. The van der Waals surface area contributed by atoms with E-state index in [4.69, 9.17) is 0 Å². The fourth-order valence-electron chi connectivity index (χ4n) is 1.81. The first-order valence-corrected chi connectivity index (χ1v) is 6.35. The van der Waals surface area contributed by atoms with Crippen molar-refractivity contribution >= 4 is 36.2 Å². The van der Waals surface area contributed by atoms with Crippen LogP contribution in [0.5, 0.6) is 0 Å². The molecule has 1 aromatic heterocycles. The summed E-state index contributed by atoms with van der Waals surface area (Å²) in [5, 5.41) is 7.03. The van der Waals surface area contributed by atoms with Crippen LogP contribution in [0.1, 0.15) is 5.56 Å². The summed E-state index contributed by atoms with van der Waals surface area (Å²) < 4.78 is 25.6. The van der Waals surface area contributed by atoms with Crippen LogP contribution in [0.15, 0.2) is 36.7 Å². The molecule has 4 nitrogen and oxygen atoms in total. The van der Waals surface area contributed by atoms with Crippen molar-refractivity contribution in [2.45, 2.75) is 19.5 Å². The van der Waals surface area contributed by atoms with E-state index in [1.807, 2.05) is 43.3 Å². The van der Waals surface area contributed by atoms with Gasteiger partial charge in [0, 0.05) is 32.5 Å². The summed E-state index contributed by atoms with van der Waals surface area (Å²) in [4.78, 5) is 2.03. The van der Waals surface area contributed by atoms with Gasteiger partial charge in [-0.05, 0) is 17.7 Å². The number of nitrogens with one attached hydrogen (secondary N) is 1. The number of nitrogens with zero attached hydrogens (tertiary/aromatic N) is 3. The molecule has 2 aromatic rings. The Hall–Kier alpha value is -1.53. The highest BCUT2D eigenvalue weighted by Gasteiger charge is 2.05. The van der Waals surface area contributed by atoms with Gasteiger partial charge in [-0.3, -0.25) is 4.68 Å². The zero-order valence-corrected chi connectivity index (χ0v) is 14.0. The van der Waals surface area contributed by atoms with Crippen LogP contribution in [0.25, 0.3) is 0 Å². The first-order valence-electron chi connectivity index (χ1n) is 6.35. The lowest BCUT2D eigenvalue weighted by molar-refractivity contribution is 0.122. The minimum absolute atomic E-state index is 0. The molecule has 0 saturated heterocycles. The summed E-state index contributed by atoms with van der Waals surface area (Å²) >= 11 is 0. The summed E-state index contributed by atoms with van der Waals surface area (Å²) in [5.74, 6) is 0. The number of rotatable bonds is 6. The molecular formula is C14H20Cl2F2N4. The SMILES string of the molecule is CN(C)c1ccc(CNc2cnn(CC(F)F)c2)cc1.Cl.Cl. The van der Waals surface area contributed by atoms with E-state index >= 15 is 0 Å². The van der Waals surface area contributed by atoms with Gasteiger partial charge in [-0.15, -0.1) is 24.8 Å². The normalized spacial score (nSPS) is 9.86. The average Bonchev–Trinajstić information content (AvgIpc) is 2.83. The Kier molecular flexibility index (Phi) is 8.82. The highest BCUT2D eigenvalue weighted by molar-refractivity contribution is 5.85. The Labute approximate surface area is 141 Å². The maximum Gasteiger partial charge on any atom is 0.257 e. The minimum Gasteiger partial charge on any atom is -0.378 e. The molecule has 1 N–H and O–H groups in total. The molecule has 0 unspecified atom stereocenters. The van der Waals surface area contributed by atoms with Crippen molar-refractivity contribution in [2.75, 3.05) is 24.3 Å². The Morgan fingerprint density at radius 3 is 2.36 bits per heavy atom. The monoisotopic (exact) mass is 352 g/mol. The van der Waals surface area contributed by atoms with E-state index in [1.165, 1.54) is 4.68 Å². The van der Waals surface area contributed by atoms with Gasteiger partial charge in [-0.2, -0.15) is 5.10 Å². The Morgan fingerprint density at radius 2 is 1.82 bits per heavy atom. The molecule has 1 heterocycles. The lowest BCUT2D eigenvalue weighted by atomic mass is 10.2. The van der Waals surface area contributed by atoms with Crippen molar-refractivity contribution in [3.63, 3.8) is 0 Å². The van der Waals surface area contributed by atoms with Crippen molar-refractivity contribution in [1.29, 1.82) is 0 Å². The third-order valence-electron chi connectivity index (χ3n) is 2.91. The smallest absolute Gasteiger partial charge is 0.257 e. The van der Waals surface area contributed by atoms with Crippen molar-refractivity contribution in [2.24, 2.45) is 0 Å². The summed E-state index contributed by atoms with van der Waals surface area (Å²) in [6, 6.07) is 8.15. The van der Waals surface area contributed by atoms with E-state index in [0.29, 0.717) is 6.54 Å². The highest BCUT2D eigenvalue weighted by atomic mass is 35.5. The average molecular weight is 353 g/mol. The summed E-state index contributed by atoms with van der Waals surface area (Å²) in [7, 11) is 3.98. The number of aromatic nitrogens is 2. The fraction of sp³-hybridized carbons (Fsp3) is 0.357. The topological polar surface area (TPSA) is 33.1 Å². The standard InChI is InChI=1S/C14H18F2N4.2ClH/c1-19(2)13-5-3-11(4-6-13)7-17-12-8-18-20(9-12)10-14(15)16;;/h3-6,8-9,14,17H,7,10H2,1-2H3;2*1H. The molecule has 0 radical (unpaired) electrons. The van der Waals surface area contributed by atoms with Gasteiger partial charge in [0.2, 0.25) is 0 Å². The Balaban J connectivity index is 0.00000220. The minimum atomic E-state index is -2.39. The molecule has 0 saturated carbocycles. The van der Waals surface area contributed by atoms with Crippen LogP contribution in [0.4, 0.5) is 20.2 Å². The molecule has 0 spiro atoms. The number of anilines is 2. The van der Waals surface area contributed by atoms with Crippen LogP contribution < -0.4 is 10.2 Å². The molecule has 22 heavy (non-hydrogen) atoms. The molecule has 1 aromatic carbocycles. The van der Waals surface area contributed by atoms with Crippen LogP contribution in [0.2, 0.25) is 0 Å². The van der Waals surface area contributed by atoms with Gasteiger partial charge in [-0.25, -0.2) is 8.78 Å². The van der Waals surface area contributed by atoms with E-state index in [9.17, 15) is 8.78 Å². The zero-order valence-electron chi connectivity index (χ0n) is 12.4. The van der Waals surface area contributed by atoms with Crippen molar-refractivity contribution in [3.8, 4) is 0 Å². The van der Waals surface area contributed by atoms with Crippen LogP contribution in [0, 0.1) is 0 Å². The molecular weight excluding hydrogens is 333 g/mol. The van der Waals surface area contributed by atoms with Gasteiger partial charge in [0.15, 0.2) is 0 Å². The molecule has 0 aliphatic carbocycles. The van der Waals surface area contributed by atoms with Gasteiger partial charge in [0.25, 0.3) is 6.43 Å². The van der Waals surface area contributed by atoms with Crippen LogP contribution in [-0.2, 0) is 13.1 Å². The highest BCUT2D eigenvalue weighted by Crippen LogP contribution is 2.14. The van der Waals surface area contributed by atoms with Crippen molar-refractivity contribution in [3.05, 3.63) is 42.2 Å². The van der Waals surface area contributed by atoms with E-state index in [1.54, 1.807) is 12.4 Å². The summed E-state index contributed by atoms with van der Waals surface area (Å²) in [6.07, 6.45) is 0.748. The predicted molar refractivity (Wildman–Crippen MR) is 90.8 cm³/mol. The molecule has 0 aliphatic heterocycles. The Morgan fingerprint density at radius 1 is 1.18 bits per heavy atom. The van der Waals surface area contributed by atoms with Crippen molar-refractivity contribution in [1.82, 2.24) is 9.78 Å². The summed E-state index contributed by atoms with van der Waals surface area (Å²) in [5.41, 5.74) is 3.00. The predicted octanol–water partition coefficient (Wildman–Crippen LogP) is 3.67. The maximum absolute atomic E-state index is 12.2. The first kappa shape index (κ1) is 20.5. The second-order valence-corrected chi connectivity index (χ2v) is 4.76. The first-order chi connectivity index (χ1) is 9.54. The zero-order chi connectivity index (χ0) is 14.5. The van der Waals surface area contributed by atoms with E-state index in [0.717, 1.165) is 16.9 Å². The third kappa shape index (κ3) is 6.07. The van der Waals surface area contributed by atoms with E-state index < -0.39 is 6.43 Å². The van der Waals surface area contributed by atoms with Gasteiger partial charge in [-0.1, -0.05) is 12.1 Å². The third-order valence-corrected chi connectivity index (χ3v) is 2.91. The molecule has 0 bridgehead atoms. The molecule has 124 valence electrons. The number of benzene rings is 1. The molecule has 8 heteroatoms. The second-order valence-electron chi connectivity index (χ2n) is 4.76. The van der Waals surface area contributed by atoms with E-state index in [-0.39, 0.29) is 31.4 Å². The van der Waals surface area contributed by atoms with E-state index in [2.05, 4.69) is 10.4 Å². The molecule has 0 amide bonds. The maximum atomic E-state index is 12.2. The number of alkyl halides is 2. The number of halogens is 4. The van der Waals surface area contributed by atoms with Crippen LogP contribution >= 0.6 is 24.8 Å². The van der Waals surface area contributed by atoms with Gasteiger partial charge in [0.05, 0.1) is 11.9 Å². The van der Waals surface area contributed by atoms with Gasteiger partial charge in [0.1, 0.15) is 6.54 Å².